The van der Waals surface area contributed by atoms with Gasteiger partial charge in [-0.05, 0) is 75.8 Å². The molecule has 0 aliphatic carbocycles. The molecule has 0 fully saturated rings. The highest BCUT2D eigenvalue weighted by Crippen LogP contribution is 2.28. The van der Waals surface area contributed by atoms with Crippen LogP contribution in [0.4, 0.5) is 10.5 Å². The highest BCUT2D eigenvalue weighted by atomic mass is 16.6. The van der Waals surface area contributed by atoms with Crippen molar-refractivity contribution in [2.45, 2.75) is 85.9 Å². The molecule has 0 radical (unpaired) electrons. The second-order valence-electron chi connectivity index (χ2n) is 11.0. The zero-order valence-corrected chi connectivity index (χ0v) is 24.6. The lowest BCUT2D eigenvalue weighted by atomic mass is 9.95. The molecule has 2 aromatic carbocycles. The summed E-state index contributed by atoms with van der Waals surface area (Å²) in [7, 11) is 0. The molecular weight excluding hydrogens is 490 g/mol. The number of nitrogens with zero attached hydrogens (tertiary/aromatic N) is 1. The minimum atomic E-state index is -0.949. The topological polar surface area (TPSA) is 87.7 Å². The van der Waals surface area contributed by atoms with Gasteiger partial charge in [-0.15, -0.1) is 6.42 Å². The van der Waals surface area contributed by atoms with Gasteiger partial charge in [-0.25, -0.2) is 4.79 Å². The van der Waals surface area contributed by atoms with Gasteiger partial charge in [0.2, 0.25) is 5.91 Å². The summed E-state index contributed by atoms with van der Waals surface area (Å²) in [5, 5.41) is 5.85. The van der Waals surface area contributed by atoms with Crippen LogP contribution >= 0.6 is 0 Å². The van der Waals surface area contributed by atoms with Gasteiger partial charge in [0, 0.05) is 17.8 Å². The summed E-state index contributed by atoms with van der Waals surface area (Å²) in [5.41, 5.74) is 3.12. The Kier molecular flexibility index (Phi) is 11.2. The number of carbonyl (C=O) groups excluding carboxylic acids is 3. The number of hydrogen-bond donors (Lipinski definition) is 2. The van der Waals surface area contributed by atoms with Crippen molar-refractivity contribution in [3.05, 3.63) is 64.7 Å². The molecule has 3 amide bonds. The number of terminal acetylenes is 1. The average Bonchev–Trinajstić information content (AvgIpc) is 2.87. The fraction of sp³-hybridized carbons (Fsp3) is 0.469. The third kappa shape index (κ3) is 8.61. The molecule has 7 nitrogen and oxygen atoms in total. The molecule has 2 rings (SSSR count). The van der Waals surface area contributed by atoms with Crippen LogP contribution in [0.15, 0.2) is 42.5 Å². The van der Waals surface area contributed by atoms with Crippen LogP contribution in [-0.2, 0) is 14.3 Å². The van der Waals surface area contributed by atoms with Crippen LogP contribution in [0.2, 0.25) is 0 Å². The molecule has 210 valence electrons. The number of rotatable bonds is 10. The molecule has 0 heterocycles. The quantitative estimate of drug-likeness (QED) is 0.359. The van der Waals surface area contributed by atoms with Crippen LogP contribution in [0.25, 0.3) is 0 Å². The predicted octanol–water partition coefficient (Wildman–Crippen LogP) is 6.14. The first-order valence-corrected chi connectivity index (χ1v) is 13.6. The number of benzene rings is 2. The normalized spacial score (nSPS) is 13.4. The van der Waals surface area contributed by atoms with Crippen molar-refractivity contribution in [1.82, 2.24) is 10.2 Å². The van der Waals surface area contributed by atoms with Crippen molar-refractivity contribution >= 4 is 23.6 Å². The smallest absolute Gasteiger partial charge is 0.408 e. The first kappa shape index (κ1) is 31.4. The molecular formula is C32H43N3O4. The van der Waals surface area contributed by atoms with Gasteiger partial charge in [-0.2, -0.15) is 0 Å². The summed E-state index contributed by atoms with van der Waals surface area (Å²) in [4.78, 5) is 42.5. The number of anilines is 1. The maximum Gasteiger partial charge on any atom is 0.408 e. The molecule has 0 aromatic heterocycles. The number of ether oxygens (including phenoxy) is 1. The minimum Gasteiger partial charge on any atom is -0.444 e. The summed E-state index contributed by atoms with van der Waals surface area (Å²) in [6, 6.07) is 11.0. The lowest BCUT2D eigenvalue weighted by Crippen LogP contribution is -2.54. The average molecular weight is 534 g/mol. The van der Waals surface area contributed by atoms with E-state index in [1.807, 2.05) is 52.8 Å². The van der Waals surface area contributed by atoms with Gasteiger partial charge in [0.05, 0.1) is 0 Å². The third-order valence-electron chi connectivity index (χ3n) is 6.58. The van der Waals surface area contributed by atoms with E-state index in [9.17, 15) is 14.4 Å². The van der Waals surface area contributed by atoms with E-state index in [0.29, 0.717) is 36.2 Å². The van der Waals surface area contributed by atoms with E-state index in [4.69, 9.17) is 11.2 Å². The van der Waals surface area contributed by atoms with Gasteiger partial charge < -0.3 is 20.3 Å². The Morgan fingerprint density at radius 2 is 1.62 bits per heavy atom. The van der Waals surface area contributed by atoms with E-state index >= 15 is 0 Å². The Morgan fingerprint density at radius 3 is 2.10 bits per heavy atom. The van der Waals surface area contributed by atoms with E-state index in [-0.39, 0.29) is 17.7 Å². The number of hydrogen-bond acceptors (Lipinski definition) is 4. The largest absolute Gasteiger partial charge is 0.444 e. The zero-order chi connectivity index (χ0) is 29.3. The fourth-order valence-corrected chi connectivity index (χ4v) is 4.34. The SMILES string of the molecule is C#Cc1ccc(C(C(=O)Nc2c(C)cccc2C)N(CCC)C(=O)C(NC(=O)OC(C)(C)C)C(C)CC)cc1. The molecule has 2 aromatic rings. The van der Waals surface area contributed by atoms with Gasteiger partial charge in [-0.3, -0.25) is 9.59 Å². The molecule has 0 aliphatic heterocycles. The summed E-state index contributed by atoms with van der Waals surface area (Å²) in [6.45, 7) is 15.3. The van der Waals surface area contributed by atoms with E-state index in [1.165, 1.54) is 0 Å². The van der Waals surface area contributed by atoms with Crippen molar-refractivity contribution < 1.29 is 19.1 Å². The standard InChI is InChI=1S/C32H43N3O4/c1-10-20-35(30(37)27(21(4)11-2)34-31(38)39-32(7,8)9)28(25-18-16-24(12-3)17-19-25)29(36)33-26-22(5)14-13-15-23(26)6/h3,13-19,21,27-28H,10-11,20H2,1-2,4-9H3,(H,33,36)(H,34,38). The van der Waals surface area contributed by atoms with Crippen LogP contribution in [-0.4, -0.2) is 41.0 Å². The van der Waals surface area contributed by atoms with E-state index < -0.39 is 23.8 Å². The lowest BCUT2D eigenvalue weighted by Gasteiger charge is -2.36. The Balaban J connectivity index is 2.58. The van der Waals surface area contributed by atoms with Crippen molar-refractivity contribution in [2.75, 3.05) is 11.9 Å². The van der Waals surface area contributed by atoms with Crippen LogP contribution in [0.3, 0.4) is 0 Å². The Bertz CT molecular complexity index is 1170. The van der Waals surface area contributed by atoms with Crippen LogP contribution in [0, 0.1) is 32.1 Å². The monoisotopic (exact) mass is 533 g/mol. The first-order chi connectivity index (χ1) is 18.3. The van der Waals surface area contributed by atoms with Gasteiger partial charge in [0.15, 0.2) is 0 Å². The second kappa shape index (κ2) is 13.8. The fourth-order valence-electron chi connectivity index (χ4n) is 4.34. The Hall–Kier alpha value is -3.79. The van der Waals surface area contributed by atoms with Crippen molar-refractivity contribution in [3.8, 4) is 12.3 Å². The van der Waals surface area contributed by atoms with E-state index in [2.05, 4.69) is 16.6 Å². The molecule has 3 atom stereocenters. The van der Waals surface area contributed by atoms with Gasteiger partial charge in [0.1, 0.15) is 17.7 Å². The summed E-state index contributed by atoms with van der Waals surface area (Å²) in [5.74, 6) is 1.70. The molecule has 0 bridgehead atoms. The number of alkyl carbamates (subject to hydrolysis) is 1. The second-order valence-corrected chi connectivity index (χ2v) is 11.0. The van der Waals surface area contributed by atoms with Crippen molar-refractivity contribution in [3.63, 3.8) is 0 Å². The molecule has 0 spiro atoms. The van der Waals surface area contributed by atoms with Gasteiger partial charge in [0.25, 0.3) is 5.91 Å². The predicted molar refractivity (Wildman–Crippen MR) is 156 cm³/mol. The maximum absolute atomic E-state index is 14.2. The Morgan fingerprint density at radius 1 is 1.03 bits per heavy atom. The number of carbonyl (C=O) groups is 3. The Labute approximate surface area is 233 Å². The highest BCUT2D eigenvalue weighted by molar-refractivity contribution is 6.00. The lowest BCUT2D eigenvalue weighted by molar-refractivity contribution is -0.141. The van der Waals surface area contributed by atoms with Gasteiger partial charge in [-0.1, -0.05) is 63.4 Å². The zero-order valence-electron chi connectivity index (χ0n) is 24.6. The molecule has 2 N–H and O–H groups in total. The van der Waals surface area contributed by atoms with Crippen LogP contribution in [0.5, 0.6) is 0 Å². The van der Waals surface area contributed by atoms with Crippen molar-refractivity contribution in [2.24, 2.45) is 5.92 Å². The summed E-state index contributed by atoms with van der Waals surface area (Å²) in [6.07, 6.45) is 6.14. The first-order valence-electron chi connectivity index (χ1n) is 13.6. The summed E-state index contributed by atoms with van der Waals surface area (Å²) < 4.78 is 5.46. The van der Waals surface area contributed by atoms with E-state index in [1.54, 1.807) is 49.9 Å². The van der Waals surface area contributed by atoms with Gasteiger partial charge >= 0.3 is 6.09 Å². The third-order valence-corrected chi connectivity index (χ3v) is 6.58. The number of aryl methyl sites for hydroxylation is 2. The van der Waals surface area contributed by atoms with Crippen molar-refractivity contribution in [1.29, 1.82) is 0 Å². The maximum atomic E-state index is 14.2. The highest BCUT2D eigenvalue weighted by Gasteiger charge is 2.38. The number of para-hydroxylation sites is 1. The molecule has 3 unspecified atom stereocenters. The summed E-state index contributed by atoms with van der Waals surface area (Å²) >= 11 is 0. The van der Waals surface area contributed by atoms with Crippen LogP contribution < -0.4 is 10.6 Å². The molecule has 7 heteroatoms. The molecule has 0 saturated heterocycles. The van der Waals surface area contributed by atoms with E-state index in [0.717, 1.165) is 11.1 Å². The minimum absolute atomic E-state index is 0.199. The molecule has 39 heavy (non-hydrogen) atoms. The van der Waals surface area contributed by atoms with Crippen LogP contribution in [0.1, 0.15) is 82.7 Å². The molecule has 0 saturated carbocycles. The molecule has 0 aliphatic rings. The number of amides is 3. The number of nitrogens with one attached hydrogen (secondary N) is 2.